The average Bonchev–Trinajstić information content (AvgIpc) is 3.39. The molecule has 0 aliphatic carbocycles. The standard InChI is InChI=1S/C28H26N4O3S/c1-16-5-11-21-20(13-16)25-24(27(35-21)17-6-9-19(36-4)10-7-17)26(32-28(31-25)29-15-30-32)18-8-12-22(33-2)23(14-18)34-3/h5-15,26-27H,1-4H3,(H,29,30,31)/t26-,27+/m0/s1. The van der Waals surface area contributed by atoms with Crippen LogP contribution in [-0.4, -0.2) is 35.2 Å². The van der Waals surface area contributed by atoms with Crippen molar-refractivity contribution >= 4 is 23.4 Å². The smallest absolute Gasteiger partial charge is 0.226 e. The summed E-state index contributed by atoms with van der Waals surface area (Å²) in [7, 11) is 3.29. The summed E-state index contributed by atoms with van der Waals surface area (Å²) >= 11 is 1.72. The van der Waals surface area contributed by atoms with Gasteiger partial charge >= 0.3 is 0 Å². The van der Waals surface area contributed by atoms with E-state index in [1.54, 1.807) is 32.3 Å². The van der Waals surface area contributed by atoms with Crippen LogP contribution >= 0.6 is 11.8 Å². The minimum atomic E-state index is -0.325. The zero-order chi connectivity index (χ0) is 24.8. The van der Waals surface area contributed by atoms with Gasteiger partial charge in [-0.05, 0) is 60.7 Å². The van der Waals surface area contributed by atoms with E-state index in [0.29, 0.717) is 17.4 Å². The zero-order valence-electron chi connectivity index (χ0n) is 20.5. The number of thioether (sulfide) groups is 1. The van der Waals surface area contributed by atoms with Gasteiger partial charge in [0.1, 0.15) is 24.2 Å². The van der Waals surface area contributed by atoms with Crippen LogP contribution in [0.15, 0.2) is 77.5 Å². The average molecular weight is 499 g/mol. The second-order valence-electron chi connectivity index (χ2n) is 8.77. The van der Waals surface area contributed by atoms with Crippen molar-refractivity contribution in [3.63, 3.8) is 0 Å². The predicted molar refractivity (Wildman–Crippen MR) is 141 cm³/mol. The van der Waals surface area contributed by atoms with Gasteiger partial charge in [-0.25, -0.2) is 4.68 Å². The molecule has 1 aromatic heterocycles. The number of rotatable bonds is 5. The molecule has 0 saturated carbocycles. The quantitative estimate of drug-likeness (QED) is 0.344. The first kappa shape index (κ1) is 22.5. The van der Waals surface area contributed by atoms with E-state index in [2.05, 4.69) is 65.0 Å². The van der Waals surface area contributed by atoms with Crippen LogP contribution in [0.4, 0.5) is 5.95 Å². The van der Waals surface area contributed by atoms with Gasteiger partial charge in [0.2, 0.25) is 5.95 Å². The second kappa shape index (κ2) is 8.95. The normalized spacial score (nSPS) is 17.9. The first-order valence-electron chi connectivity index (χ1n) is 11.7. The van der Waals surface area contributed by atoms with E-state index in [-0.39, 0.29) is 12.1 Å². The third-order valence-electron chi connectivity index (χ3n) is 6.71. The van der Waals surface area contributed by atoms with E-state index >= 15 is 0 Å². The lowest BCUT2D eigenvalue weighted by atomic mass is 9.84. The lowest BCUT2D eigenvalue weighted by Crippen LogP contribution is -2.32. The number of nitrogens with zero attached hydrogens (tertiary/aromatic N) is 3. The van der Waals surface area contributed by atoms with Crippen LogP contribution in [0.2, 0.25) is 0 Å². The molecule has 4 aromatic rings. The Morgan fingerprint density at radius 1 is 0.944 bits per heavy atom. The summed E-state index contributed by atoms with van der Waals surface area (Å²) in [6, 6.07) is 20.5. The van der Waals surface area contributed by atoms with Gasteiger partial charge in [0.15, 0.2) is 11.5 Å². The largest absolute Gasteiger partial charge is 0.493 e. The Kier molecular flexibility index (Phi) is 5.60. The Hall–Kier alpha value is -3.91. The van der Waals surface area contributed by atoms with Crippen molar-refractivity contribution in [3.05, 3.63) is 94.8 Å². The van der Waals surface area contributed by atoms with Gasteiger partial charge in [-0.15, -0.1) is 11.8 Å². The maximum Gasteiger partial charge on any atom is 0.226 e. The fourth-order valence-corrected chi connectivity index (χ4v) is 5.39. The van der Waals surface area contributed by atoms with Crippen molar-refractivity contribution in [2.75, 3.05) is 25.8 Å². The molecule has 0 fully saturated rings. The minimum absolute atomic E-state index is 0.266. The molecule has 36 heavy (non-hydrogen) atoms. The molecule has 1 N–H and O–H groups in total. The van der Waals surface area contributed by atoms with E-state index in [1.165, 1.54) is 4.90 Å². The summed E-state index contributed by atoms with van der Waals surface area (Å²) in [6.45, 7) is 2.09. The van der Waals surface area contributed by atoms with Crippen molar-refractivity contribution in [1.29, 1.82) is 0 Å². The molecule has 2 aliphatic rings. The van der Waals surface area contributed by atoms with Crippen LogP contribution in [0.25, 0.3) is 5.70 Å². The Morgan fingerprint density at radius 2 is 1.72 bits per heavy atom. The molecule has 0 saturated heterocycles. The third kappa shape index (κ3) is 3.60. The lowest BCUT2D eigenvalue weighted by molar-refractivity contribution is 0.223. The number of hydrogen-bond acceptors (Lipinski definition) is 7. The Balaban J connectivity index is 1.60. The number of benzene rings is 3. The van der Waals surface area contributed by atoms with Gasteiger partial charge in [0.05, 0.1) is 19.9 Å². The monoisotopic (exact) mass is 498 g/mol. The van der Waals surface area contributed by atoms with Crippen molar-refractivity contribution < 1.29 is 14.2 Å². The second-order valence-corrected chi connectivity index (χ2v) is 9.65. The molecule has 0 bridgehead atoms. The molecule has 182 valence electrons. The topological polar surface area (TPSA) is 70.4 Å². The summed E-state index contributed by atoms with van der Waals surface area (Å²) in [5.74, 6) is 2.85. The van der Waals surface area contributed by atoms with Crippen molar-refractivity contribution in [1.82, 2.24) is 14.8 Å². The van der Waals surface area contributed by atoms with Crippen molar-refractivity contribution in [2.24, 2.45) is 0 Å². The van der Waals surface area contributed by atoms with Gasteiger partial charge in [-0.1, -0.05) is 29.8 Å². The van der Waals surface area contributed by atoms with Crippen LogP contribution in [0.5, 0.6) is 17.2 Å². The van der Waals surface area contributed by atoms with Crippen molar-refractivity contribution in [2.45, 2.75) is 24.0 Å². The number of anilines is 1. The van der Waals surface area contributed by atoms with E-state index in [9.17, 15) is 0 Å². The summed E-state index contributed by atoms with van der Waals surface area (Å²) < 4.78 is 19.8. The third-order valence-corrected chi connectivity index (χ3v) is 7.45. The number of ether oxygens (including phenoxy) is 3. The molecule has 6 rings (SSSR count). The lowest BCUT2D eigenvalue weighted by Gasteiger charge is -2.39. The van der Waals surface area contributed by atoms with Gasteiger partial charge in [0.25, 0.3) is 0 Å². The number of aryl methyl sites for hydroxylation is 1. The fraction of sp³-hybridized carbons (Fsp3) is 0.214. The van der Waals surface area contributed by atoms with Gasteiger partial charge < -0.3 is 19.5 Å². The fourth-order valence-electron chi connectivity index (χ4n) is 4.98. The number of methoxy groups -OCH3 is 2. The molecule has 7 nitrogen and oxygen atoms in total. The number of aromatic nitrogens is 3. The van der Waals surface area contributed by atoms with Crippen LogP contribution in [-0.2, 0) is 0 Å². The van der Waals surface area contributed by atoms with Gasteiger partial charge in [-0.3, -0.25) is 0 Å². The molecule has 2 atom stereocenters. The highest BCUT2D eigenvalue weighted by atomic mass is 32.2. The summed E-state index contributed by atoms with van der Waals surface area (Å²) in [5, 5.41) is 8.18. The highest BCUT2D eigenvalue weighted by molar-refractivity contribution is 7.98. The molecular formula is C28H26N4O3S. The Bertz CT molecular complexity index is 1480. The maximum atomic E-state index is 6.74. The van der Waals surface area contributed by atoms with E-state index in [1.807, 2.05) is 28.9 Å². The van der Waals surface area contributed by atoms with Crippen LogP contribution in [0, 0.1) is 6.92 Å². The molecule has 8 heteroatoms. The molecule has 0 radical (unpaired) electrons. The molecule has 0 amide bonds. The first-order valence-corrected chi connectivity index (χ1v) is 12.9. The van der Waals surface area contributed by atoms with Crippen molar-refractivity contribution in [3.8, 4) is 17.2 Å². The van der Waals surface area contributed by atoms with E-state index < -0.39 is 0 Å². The highest BCUT2D eigenvalue weighted by Crippen LogP contribution is 2.51. The van der Waals surface area contributed by atoms with Crippen LogP contribution < -0.4 is 19.5 Å². The first-order chi connectivity index (χ1) is 17.6. The SMILES string of the molecule is COc1ccc([C@H]2C3=C(Nc4ncnn42)c2cc(C)ccc2O[C@@H]3c2ccc(SC)cc2)cc1OC. The maximum absolute atomic E-state index is 6.74. The number of nitrogens with one attached hydrogen (secondary N) is 1. The summed E-state index contributed by atoms with van der Waals surface area (Å²) in [6.07, 6.45) is 3.33. The molecule has 3 heterocycles. The molecule has 3 aromatic carbocycles. The van der Waals surface area contributed by atoms with E-state index in [0.717, 1.165) is 39.3 Å². The zero-order valence-corrected chi connectivity index (χ0v) is 21.3. The summed E-state index contributed by atoms with van der Waals surface area (Å²) in [4.78, 5) is 5.73. The molecule has 0 unspecified atom stereocenters. The summed E-state index contributed by atoms with van der Waals surface area (Å²) in [5.41, 5.74) is 6.31. The van der Waals surface area contributed by atoms with Gasteiger partial charge in [-0.2, -0.15) is 10.1 Å². The molecule has 2 aliphatic heterocycles. The minimum Gasteiger partial charge on any atom is -0.493 e. The van der Waals surface area contributed by atoms with E-state index in [4.69, 9.17) is 14.2 Å². The number of hydrogen-bond donors (Lipinski definition) is 1. The Morgan fingerprint density at radius 3 is 2.47 bits per heavy atom. The van der Waals surface area contributed by atoms with Crippen LogP contribution in [0.1, 0.15) is 34.4 Å². The van der Waals surface area contributed by atoms with Gasteiger partial charge in [0, 0.05) is 16.0 Å². The highest BCUT2D eigenvalue weighted by Gasteiger charge is 2.41. The van der Waals surface area contributed by atoms with Crippen LogP contribution in [0.3, 0.4) is 0 Å². The molecule has 0 spiro atoms. The Labute approximate surface area is 214 Å². The number of fused-ring (bicyclic) bond motifs is 3. The molecular weight excluding hydrogens is 472 g/mol. The predicted octanol–water partition coefficient (Wildman–Crippen LogP) is 5.89.